The number of aromatic nitrogens is 2. The number of halogens is 1. The van der Waals surface area contributed by atoms with E-state index in [2.05, 4.69) is 10.3 Å². The number of nitrogens with zero attached hydrogens (tertiary/aromatic N) is 3. The Morgan fingerprint density at radius 3 is 2.79 bits per heavy atom. The normalized spacial score (nSPS) is 11.3. The minimum Gasteiger partial charge on any atom is -0.467 e. The summed E-state index contributed by atoms with van der Waals surface area (Å²) >= 11 is 6.11. The van der Waals surface area contributed by atoms with Crippen molar-refractivity contribution < 1.29 is 13.9 Å². The largest absolute Gasteiger partial charge is 0.467 e. The zero-order chi connectivity index (χ0) is 24.2. The molecule has 1 N–H and O–H groups in total. The van der Waals surface area contributed by atoms with E-state index in [-0.39, 0.29) is 23.6 Å². The van der Waals surface area contributed by atoms with Gasteiger partial charge in [0.15, 0.2) is 0 Å². The molecule has 1 aromatic carbocycles. The van der Waals surface area contributed by atoms with Crippen LogP contribution in [0.25, 0.3) is 11.7 Å². The number of nitrogens with one attached hydrogen (secondary N) is 1. The van der Waals surface area contributed by atoms with Crippen LogP contribution in [0, 0.1) is 25.2 Å². The van der Waals surface area contributed by atoms with Crippen LogP contribution in [0.15, 0.2) is 69.7 Å². The lowest BCUT2D eigenvalue weighted by molar-refractivity contribution is -0.117. The molecule has 34 heavy (non-hydrogen) atoms. The van der Waals surface area contributed by atoms with E-state index >= 15 is 0 Å². The Labute approximate surface area is 199 Å². The van der Waals surface area contributed by atoms with Crippen molar-refractivity contribution in [1.29, 1.82) is 5.26 Å². The predicted molar refractivity (Wildman–Crippen MR) is 127 cm³/mol. The zero-order valence-electron chi connectivity index (χ0n) is 18.3. The third-order valence-corrected chi connectivity index (χ3v) is 5.47. The highest BCUT2D eigenvalue weighted by molar-refractivity contribution is 6.31. The molecule has 0 spiro atoms. The van der Waals surface area contributed by atoms with Gasteiger partial charge in [0.1, 0.15) is 34.4 Å². The van der Waals surface area contributed by atoms with E-state index in [0.717, 1.165) is 11.1 Å². The number of aryl methyl sites for hydroxylation is 2. The fourth-order valence-electron chi connectivity index (χ4n) is 3.25. The molecular weight excluding hydrogens is 456 g/mol. The molecule has 0 bridgehead atoms. The number of pyridine rings is 1. The quantitative estimate of drug-likeness (QED) is 0.323. The van der Waals surface area contributed by atoms with Gasteiger partial charge in [-0.2, -0.15) is 10.2 Å². The van der Waals surface area contributed by atoms with Crippen LogP contribution in [0.1, 0.15) is 22.5 Å². The second-order valence-corrected chi connectivity index (χ2v) is 7.87. The number of amides is 1. The Bertz CT molecular complexity index is 1510. The third kappa shape index (κ3) is 4.70. The molecule has 4 rings (SSSR count). The van der Waals surface area contributed by atoms with Gasteiger partial charge in [-0.25, -0.2) is 0 Å². The van der Waals surface area contributed by atoms with Crippen LogP contribution in [-0.4, -0.2) is 15.3 Å². The highest BCUT2D eigenvalue weighted by atomic mass is 35.5. The Morgan fingerprint density at radius 1 is 1.26 bits per heavy atom. The molecule has 0 unspecified atom stereocenters. The molecule has 9 heteroatoms. The van der Waals surface area contributed by atoms with Gasteiger partial charge in [-0.05, 0) is 67.4 Å². The molecule has 1 amide bonds. The minimum absolute atomic E-state index is 0.0346. The van der Waals surface area contributed by atoms with Gasteiger partial charge in [-0.3, -0.25) is 14.0 Å². The Morgan fingerprint density at radius 2 is 2.09 bits per heavy atom. The van der Waals surface area contributed by atoms with Crippen LogP contribution >= 0.6 is 11.6 Å². The molecule has 0 fully saturated rings. The van der Waals surface area contributed by atoms with Crippen LogP contribution in [0.5, 0.6) is 11.6 Å². The number of ether oxygens (including phenoxy) is 1. The fraction of sp³-hybridized carbons (Fsp3) is 0.120. The Hall–Kier alpha value is -4.35. The number of furan rings is 1. The average molecular weight is 475 g/mol. The van der Waals surface area contributed by atoms with Crippen molar-refractivity contribution in [1.82, 2.24) is 14.7 Å². The molecule has 0 aliphatic heterocycles. The number of benzene rings is 1. The van der Waals surface area contributed by atoms with Crippen molar-refractivity contribution >= 4 is 29.2 Å². The van der Waals surface area contributed by atoms with Gasteiger partial charge in [0.2, 0.25) is 5.88 Å². The van der Waals surface area contributed by atoms with E-state index < -0.39 is 11.5 Å². The molecule has 0 saturated carbocycles. The van der Waals surface area contributed by atoms with Gasteiger partial charge in [0.05, 0.1) is 12.8 Å². The summed E-state index contributed by atoms with van der Waals surface area (Å²) in [4.78, 5) is 30.5. The second kappa shape index (κ2) is 9.65. The van der Waals surface area contributed by atoms with Gasteiger partial charge < -0.3 is 14.5 Å². The van der Waals surface area contributed by atoms with Crippen molar-refractivity contribution in [3.63, 3.8) is 0 Å². The first-order valence-corrected chi connectivity index (χ1v) is 10.6. The lowest BCUT2D eigenvalue weighted by atomic mass is 10.1. The maximum atomic E-state index is 13.4. The number of hydrogen-bond acceptors (Lipinski definition) is 6. The van der Waals surface area contributed by atoms with E-state index in [1.807, 2.05) is 26.0 Å². The molecule has 170 valence electrons. The van der Waals surface area contributed by atoms with E-state index in [1.165, 1.54) is 16.7 Å². The Kier molecular flexibility index (Phi) is 6.48. The zero-order valence-corrected chi connectivity index (χ0v) is 19.1. The van der Waals surface area contributed by atoms with Crippen LogP contribution in [0.3, 0.4) is 0 Å². The van der Waals surface area contributed by atoms with E-state index in [9.17, 15) is 14.9 Å². The second-order valence-electron chi connectivity index (χ2n) is 7.47. The Balaban J connectivity index is 1.80. The summed E-state index contributed by atoms with van der Waals surface area (Å²) in [6.45, 7) is 3.72. The van der Waals surface area contributed by atoms with Crippen molar-refractivity contribution in [2.75, 3.05) is 0 Å². The first-order valence-electron chi connectivity index (χ1n) is 10.3. The smallest absolute Gasteiger partial charge is 0.269 e. The molecule has 0 aliphatic rings. The molecule has 0 radical (unpaired) electrons. The number of nitriles is 1. The summed E-state index contributed by atoms with van der Waals surface area (Å²) in [7, 11) is 0. The van der Waals surface area contributed by atoms with Crippen molar-refractivity contribution in [2.24, 2.45) is 0 Å². The first kappa shape index (κ1) is 22.8. The molecular formula is C25H19ClN4O4. The maximum Gasteiger partial charge on any atom is 0.269 e. The summed E-state index contributed by atoms with van der Waals surface area (Å²) in [5, 5.41) is 12.8. The van der Waals surface area contributed by atoms with E-state index in [0.29, 0.717) is 22.2 Å². The molecule has 0 saturated heterocycles. The van der Waals surface area contributed by atoms with Gasteiger partial charge in [-0.1, -0.05) is 17.7 Å². The first-order chi connectivity index (χ1) is 16.4. The van der Waals surface area contributed by atoms with Crippen molar-refractivity contribution in [3.8, 4) is 17.7 Å². The van der Waals surface area contributed by atoms with Crippen molar-refractivity contribution in [2.45, 2.75) is 20.4 Å². The lowest BCUT2D eigenvalue weighted by Gasteiger charge is -2.12. The lowest BCUT2D eigenvalue weighted by Crippen LogP contribution is -2.25. The summed E-state index contributed by atoms with van der Waals surface area (Å²) < 4.78 is 12.5. The number of carbonyl (C=O) groups excluding carboxylic acids is 1. The number of fused-ring (bicyclic) bond motifs is 1. The summed E-state index contributed by atoms with van der Waals surface area (Å²) in [6, 6.07) is 13.8. The minimum atomic E-state index is -0.666. The van der Waals surface area contributed by atoms with Gasteiger partial charge in [-0.15, -0.1) is 0 Å². The topological polar surface area (TPSA) is 110 Å². The maximum absolute atomic E-state index is 13.4. The van der Waals surface area contributed by atoms with Crippen LogP contribution in [-0.2, 0) is 11.3 Å². The highest BCUT2D eigenvalue weighted by Gasteiger charge is 2.18. The fourth-order valence-corrected chi connectivity index (χ4v) is 3.37. The molecule has 0 aliphatic carbocycles. The van der Waals surface area contributed by atoms with Crippen LogP contribution in [0.2, 0.25) is 5.02 Å². The van der Waals surface area contributed by atoms with E-state index in [4.69, 9.17) is 20.8 Å². The summed E-state index contributed by atoms with van der Waals surface area (Å²) in [6.07, 6.45) is 4.22. The number of carbonyl (C=O) groups is 1. The van der Waals surface area contributed by atoms with Gasteiger partial charge in [0, 0.05) is 11.2 Å². The molecule has 3 aromatic heterocycles. The molecule has 4 aromatic rings. The van der Waals surface area contributed by atoms with Crippen LogP contribution < -0.4 is 15.6 Å². The number of rotatable bonds is 6. The summed E-state index contributed by atoms with van der Waals surface area (Å²) in [5.41, 5.74) is 1.12. The van der Waals surface area contributed by atoms with Crippen molar-refractivity contribution in [3.05, 3.63) is 98.3 Å². The van der Waals surface area contributed by atoms with E-state index in [1.54, 1.807) is 42.6 Å². The molecule has 3 heterocycles. The van der Waals surface area contributed by atoms with Gasteiger partial charge in [0.25, 0.3) is 11.5 Å². The molecule has 8 nitrogen and oxygen atoms in total. The molecule has 0 atom stereocenters. The SMILES string of the molecule is Cc1cc(Oc2nc3c(C)cccn3c(=O)c2/C=C(\C#N)C(=O)NCc2ccco2)ccc1Cl. The number of hydrogen-bond donors (Lipinski definition) is 1. The summed E-state index contributed by atoms with van der Waals surface area (Å²) in [5.74, 6) is 0.228. The standard InChI is InChI=1S/C25H19ClN4O4/c1-15-5-3-9-30-22(15)29-24(34-18-7-8-21(26)16(2)11-18)20(25(30)32)12-17(13-27)23(31)28-14-19-6-4-10-33-19/h3-12H,14H2,1-2H3,(H,28,31)/b17-12+. The van der Waals surface area contributed by atoms with Crippen LogP contribution in [0.4, 0.5) is 0 Å². The highest BCUT2D eigenvalue weighted by Crippen LogP contribution is 2.27. The third-order valence-electron chi connectivity index (χ3n) is 5.05. The average Bonchev–Trinajstić information content (AvgIpc) is 3.34. The van der Waals surface area contributed by atoms with Gasteiger partial charge >= 0.3 is 0 Å². The predicted octanol–water partition coefficient (Wildman–Crippen LogP) is 4.57. The monoisotopic (exact) mass is 474 g/mol.